The molecule has 0 saturated carbocycles. The highest BCUT2D eigenvalue weighted by Gasteiger charge is 2.43. The maximum Gasteiger partial charge on any atom is 0.249 e. The first-order valence-corrected chi connectivity index (χ1v) is 10.0. The first-order valence-electron chi connectivity index (χ1n) is 8.54. The zero-order valence-electron chi connectivity index (χ0n) is 15.9. The zero-order chi connectivity index (χ0) is 21.2. The van der Waals surface area contributed by atoms with Gasteiger partial charge < -0.3 is 4.74 Å². The van der Waals surface area contributed by atoms with E-state index in [1.807, 2.05) is 0 Å². The van der Waals surface area contributed by atoms with E-state index in [1.54, 1.807) is 24.3 Å². The summed E-state index contributed by atoms with van der Waals surface area (Å²) in [7, 11) is -2.58. The molecule has 3 rings (SSSR count). The van der Waals surface area contributed by atoms with E-state index in [9.17, 15) is 17.6 Å². The lowest BCUT2D eigenvalue weighted by Crippen LogP contribution is -2.44. The number of rotatable bonds is 6. The van der Waals surface area contributed by atoms with Crippen LogP contribution < -0.4 is 10.1 Å². The molecule has 152 valence electrons. The van der Waals surface area contributed by atoms with Crippen LogP contribution in [0, 0.1) is 5.82 Å². The molecule has 1 aromatic heterocycles. The fourth-order valence-electron chi connectivity index (χ4n) is 2.56. The molecule has 29 heavy (non-hydrogen) atoms. The van der Waals surface area contributed by atoms with E-state index in [-0.39, 0.29) is 10.8 Å². The number of nitrogens with zero attached hydrogens (tertiary/aromatic N) is 2. The Morgan fingerprint density at radius 3 is 2.45 bits per heavy atom. The Morgan fingerprint density at radius 2 is 1.79 bits per heavy atom. The van der Waals surface area contributed by atoms with Crippen molar-refractivity contribution in [2.45, 2.75) is 23.5 Å². The monoisotopic (exact) mass is 418 g/mol. The highest BCUT2D eigenvalue weighted by molar-refractivity contribution is 7.93. The zero-order valence-corrected chi connectivity index (χ0v) is 16.7. The average Bonchev–Trinajstić information content (AvgIpc) is 3.16. The van der Waals surface area contributed by atoms with Gasteiger partial charge in [0.1, 0.15) is 16.3 Å². The Hall–Kier alpha value is -3.27. The number of amides is 1. The van der Waals surface area contributed by atoms with Crippen molar-refractivity contribution in [3.05, 3.63) is 54.3 Å². The van der Waals surface area contributed by atoms with Crippen LogP contribution in [0.15, 0.2) is 53.4 Å². The van der Waals surface area contributed by atoms with Crippen LogP contribution in [-0.4, -0.2) is 41.4 Å². The molecular formula is C19H19FN4O4S. The van der Waals surface area contributed by atoms with Crippen molar-refractivity contribution < 1.29 is 22.3 Å². The number of hydrogen-bond acceptors (Lipinski definition) is 6. The number of hydrogen-bond donors (Lipinski definition) is 2. The van der Waals surface area contributed by atoms with E-state index in [0.29, 0.717) is 17.1 Å². The number of para-hydroxylation sites is 1. The van der Waals surface area contributed by atoms with Crippen LogP contribution in [0.1, 0.15) is 13.8 Å². The van der Waals surface area contributed by atoms with Crippen LogP contribution in [0.3, 0.4) is 0 Å². The molecule has 0 radical (unpaired) electrons. The Bertz CT molecular complexity index is 1140. The SMILES string of the molecule is COc1ccccc1-c1nc(NC(=O)C(C)(C)S(=O)(=O)c2ccc(F)cc2)n[nH]1. The Labute approximate surface area is 167 Å². The molecule has 3 aromatic rings. The van der Waals surface area contributed by atoms with Gasteiger partial charge in [0, 0.05) is 0 Å². The number of anilines is 1. The number of aromatic amines is 1. The fraction of sp³-hybridized carbons (Fsp3) is 0.211. The van der Waals surface area contributed by atoms with Gasteiger partial charge in [0.05, 0.1) is 17.6 Å². The van der Waals surface area contributed by atoms with Crippen LogP contribution in [0.25, 0.3) is 11.4 Å². The molecule has 0 aliphatic carbocycles. The predicted octanol–water partition coefficient (Wildman–Crippen LogP) is 2.81. The molecule has 1 heterocycles. The van der Waals surface area contributed by atoms with Gasteiger partial charge >= 0.3 is 0 Å². The first kappa shape index (κ1) is 20.5. The Balaban J connectivity index is 1.84. The normalized spacial score (nSPS) is 11.9. The summed E-state index contributed by atoms with van der Waals surface area (Å²) >= 11 is 0. The number of carbonyl (C=O) groups excluding carboxylic acids is 1. The second-order valence-corrected chi connectivity index (χ2v) is 9.13. The lowest BCUT2D eigenvalue weighted by atomic mass is 10.2. The van der Waals surface area contributed by atoms with Gasteiger partial charge in [0.25, 0.3) is 0 Å². The second-order valence-electron chi connectivity index (χ2n) is 6.63. The lowest BCUT2D eigenvalue weighted by molar-refractivity contribution is -0.117. The van der Waals surface area contributed by atoms with Crippen molar-refractivity contribution in [1.82, 2.24) is 15.2 Å². The molecule has 10 heteroatoms. The molecule has 0 aliphatic rings. The number of nitrogens with one attached hydrogen (secondary N) is 2. The van der Waals surface area contributed by atoms with Crippen LogP contribution in [-0.2, 0) is 14.6 Å². The van der Waals surface area contributed by atoms with Crippen molar-refractivity contribution in [1.29, 1.82) is 0 Å². The number of ether oxygens (including phenoxy) is 1. The summed E-state index contributed by atoms with van der Waals surface area (Å²) in [6.07, 6.45) is 0. The van der Waals surface area contributed by atoms with Gasteiger partial charge in [-0.25, -0.2) is 12.8 Å². The molecule has 0 unspecified atom stereocenters. The third-order valence-corrected chi connectivity index (χ3v) is 6.84. The molecule has 2 N–H and O–H groups in total. The number of aromatic nitrogens is 3. The van der Waals surface area contributed by atoms with Gasteiger partial charge in [-0.3, -0.25) is 15.2 Å². The molecule has 0 spiro atoms. The van der Waals surface area contributed by atoms with Crippen molar-refractivity contribution in [2.24, 2.45) is 0 Å². The Kier molecular flexibility index (Phi) is 5.38. The quantitative estimate of drug-likeness (QED) is 0.595. The first-order chi connectivity index (χ1) is 13.7. The molecular weight excluding hydrogens is 399 g/mol. The van der Waals surface area contributed by atoms with Crippen LogP contribution in [0.2, 0.25) is 0 Å². The summed E-state index contributed by atoms with van der Waals surface area (Å²) in [5.74, 6) is -0.584. The molecule has 0 saturated heterocycles. The van der Waals surface area contributed by atoms with Crippen molar-refractivity contribution in [2.75, 3.05) is 12.4 Å². The van der Waals surface area contributed by atoms with Crippen molar-refractivity contribution >= 4 is 21.7 Å². The largest absolute Gasteiger partial charge is 0.496 e. The van der Waals surface area contributed by atoms with Crippen LogP contribution in [0.4, 0.5) is 10.3 Å². The topological polar surface area (TPSA) is 114 Å². The molecule has 0 bridgehead atoms. The molecule has 1 amide bonds. The lowest BCUT2D eigenvalue weighted by Gasteiger charge is -2.23. The summed E-state index contributed by atoms with van der Waals surface area (Å²) in [6, 6.07) is 11.4. The summed E-state index contributed by atoms with van der Waals surface area (Å²) in [5.41, 5.74) is 0.626. The minimum atomic E-state index is -4.10. The summed E-state index contributed by atoms with van der Waals surface area (Å²) in [5, 5.41) is 9.01. The van der Waals surface area contributed by atoms with E-state index in [0.717, 1.165) is 24.3 Å². The summed E-state index contributed by atoms with van der Waals surface area (Å²) in [6.45, 7) is 2.52. The molecule has 0 fully saturated rings. The highest BCUT2D eigenvalue weighted by atomic mass is 32.2. The van der Waals surface area contributed by atoms with Gasteiger partial charge in [-0.05, 0) is 50.2 Å². The maximum atomic E-state index is 13.1. The second kappa shape index (κ2) is 7.63. The minimum Gasteiger partial charge on any atom is -0.496 e. The summed E-state index contributed by atoms with van der Waals surface area (Å²) < 4.78 is 42.2. The van der Waals surface area contributed by atoms with Gasteiger partial charge in [-0.1, -0.05) is 12.1 Å². The standard InChI is InChI=1S/C19H19FN4O4S/c1-19(2,29(26,27)13-10-8-12(20)9-11-13)17(25)22-18-21-16(23-24-18)14-6-4-5-7-15(14)28-3/h4-11H,1-3H3,(H2,21,22,23,24,25). The molecule has 8 nitrogen and oxygen atoms in total. The average molecular weight is 418 g/mol. The van der Waals surface area contributed by atoms with Crippen molar-refractivity contribution in [3.63, 3.8) is 0 Å². The van der Waals surface area contributed by atoms with E-state index in [4.69, 9.17) is 4.74 Å². The Morgan fingerprint density at radius 1 is 1.14 bits per heavy atom. The third kappa shape index (κ3) is 3.83. The number of sulfone groups is 1. The minimum absolute atomic E-state index is 0.0849. The maximum absolute atomic E-state index is 13.1. The number of H-pyrrole nitrogens is 1. The van der Waals surface area contributed by atoms with Crippen LogP contribution >= 0.6 is 0 Å². The predicted molar refractivity (Wildman–Crippen MR) is 105 cm³/mol. The van der Waals surface area contributed by atoms with Gasteiger partial charge in [-0.2, -0.15) is 4.98 Å². The van der Waals surface area contributed by atoms with Crippen LogP contribution in [0.5, 0.6) is 5.75 Å². The number of benzene rings is 2. The van der Waals surface area contributed by atoms with Gasteiger partial charge in [0.15, 0.2) is 15.7 Å². The highest BCUT2D eigenvalue weighted by Crippen LogP contribution is 2.29. The van der Waals surface area contributed by atoms with E-state index < -0.39 is 26.3 Å². The molecule has 0 aliphatic heterocycles. The molecule has 0 atom stereocenters. The third-order valence-electron chi connectivity index (χ3n) is 4.42. The smallest absolute Gasteiger partial charge is 0.249 e. The van der Waals surface area contributed by atoms with E-state index in [1.165, 1.54) is 21.0 Å². The fourth-order valence-corrected chi connectivity index (χ4v) is 3.94. The molecule has 2 aromatic carbocycles. The number of methoxy groups -OCH3 is 1. The van der Waals surface area contributed by atoms with Crippen molar-refractivity contribution in [3.8, 4) is 17.1 Å². The van der Waals surface area contributed by atoms with Gasteiger partial charge in [0.2, 0.25) is 11.9 Å². The van der Waals surface area contributed by atoms with E-state index in [2.05, 4.69) is 20.5 Å². The number of halogens is 1. The van der Waals surface area contributed by atoms with Gasteiger partial charge in [-0.15, -0.1) is 5.10 Å². The number of carbonyl (C=O) groups is 1. The summed E-state index contributed by atoms with van der Waals surface area (Å²) in [4.78, 5) is 16.7. The van der Waals surface area contributed by atoms with E-state index >= 15 is 0 Å².